The first kappa shape index (κ1) is 17.6. The fraction of sp³-hybridized carbons (Fsp3) is 0.727. The van der Waals surface area contributed by atoms with Crippen molar-refractivity contribution in [3.63, 3.8) is 0 Å². The number of allylic oxidation sites excluding steroid dienone is 3. The van der Waals surface area contributed by atoms with Crippen LogP contribution < -0.4 is 0 Å². The molecule has 3 aliphatic carbocycles. The summed E-state index contributed by atoms with van der Waals surface area (Å²) in [5.41, 5.74) is 2.74. The smallest absolute Gasteiger partial charge is 0.155 e. The predicted molar refractivity (Wildman–Crippen MR) is 97.6 cm³/mol. The van der Waals surface area contributed by atoms with Gasteiger partial charge in [-0.15, -0.1) is 0 Å². The van der Waals surface area contributed by atoms with Gasteiger partial charge in [-0.1, -0.05) is 38.5 Å². The number of carbonyl (C=O) groups is 2. The maximum Gasteiger partial charge on any atom is 0.155 e. The molecule has 0 aromatic carbocycles. The lowest BCUT2D eigenvalue weighted by Gasteiger charge is -2.50. The van der Waals surface area contributed by atoms with Crippen molar-refractivity contribution in [3.8, 4) is 0 Å². The van der Waals surface area contributed by atoms with E-state index in [2.05, 4.69) is 27.4 Å². The fourth-order valence-electron chi connectivity index (χ4n) is 6.11. The number of rotatable bonds is 3. The molecule has 0 amide bonds. The summed E-state index contributed by atoms with van der Waals surface area (Å²) < 4.78 is 0. The van der Waals surface area contributed by atoms with E-state index in [0.717, 1.165) is 38.5 Å². The third-order valence-electron chi connectivity index (χ3n) is 7.94. The molecule has 0 radical (unpaired) electrons. The highest BCUT2D eigenvalue weighted by molar-refractivity contribution is 5.92. The molecule has 5 unspecified atom stereocenters. The normalized spacial score (nSPS) is 42.7. The van der Waals surface area contributed by atoms with Crippen molar-refractivity contribution >= 4 is 11.6 Å². The molecule has 2 saturated carbocycles. The van der Waals surface area contributed by atoms with Gasteiger partial charge in [-0.25, -0.2) is 0 Å². The average Bonchev–Trinajstić information content (AvgIpc) is 2.88. The quantitative estimate of drug-likeness (QED) is 0.661. The van der Waals surface area contributed by atoms with Crippen LogP contribution in [0.3, 0.4) is 0 Å². The van der Waals surface area contributed by atoms with Crippen LogP contribution in [0.5, 0.6) is 0 Å². The van der Waals surface area contributed by atoms with Crippen LogP contribution in [-0.4, -0.2) is 11.6 Å². The van der Waals surface area contributed by atoms with Crippen LogP contribution in [0.15, 0.2) is 23.8 Å². The molecule has 0 aromatic rings. The van der Waals surface area contributed by atoms with E-state index in [-0.39, 0.29) is 22.5 Å². The molecule has 2 nitrogen and oxygen atoms in total. The molecule has 0 aromatic heterocycles. The summed E-state index contributed by atoms with van der Waals surface area (Å²) in [6.45, 7) is 13.2. The molecule has 0 bridgehead atoms. The van der Waals surface area contributed by atoms with Crippen molar-refractivity contribution in [2.45, 2.75) is 72.6 Å². The summed E-state index contributed by atoms with van der Waals surface area (Å²) in [5.74, 6) is 1.90. The molecular formula is C22H32O2. The zero-order chi connectivity index (χ0) is 17.7. The van der Waals surface area contributed by atoms with Crippen molar-refractivity contribution in [2.75, 3.05) is 0 Å². The fourth-order valence-corrected chi connectivity index (χ4v) is 6.11. The van der Waals surface area contributed by atoms with Crippen LogP contribution in [0.2, 0.25) is 0 Å². The van der Waals surface area contributed by atoms with Gasteiger partial charge in [-0.2, -0.15) is 0 Å². The van der Waals surface area contributed by atoms with Gasteiger partial charge >= 0.3 is 0 Å². The van der Waals surface area contributed by atoms with Crippen LogP contribution in [-0.2, 0) is 9.59 Å². The summed E-state index contributed by atoms with van der Waals surface area (Å²) in [6, 6.07) is 0. The third-order valence-corrected chi connectivity index (χ3v) is 7.94. The van der Waals surface area contributed by atoms with Gasteiger partial charge in [0, 0.05) is 17.8 Å². The SMILES string of the molecule is C=C1C(C2CCC(C(C)=O)C2(C)CC)CCC2=CC(=O)CCC12C. The number of fused-ring (bicyclic) bond motifs is 1. The Morgan fingerprint density at radius 3 is 2.58 bits per heavy atom. The molecule has 0 aliphatic heterocycles. The molecule has 5 atom stereocenters. The van der Waals surface area contributed by atoms with E-state index in [4.69, 9.17) is 0 Å². The van der Waals surface area contributed by atoms with Gasteiger partial charge in [0.25, 0.3) is 0 Å². The molecule has 3 rings (SSSR count). The second-order valence-corrected chi connectivity index (χ2v) is 8.84. The van der Waals surface area contributed by atoms with E-state index in [1.54, 1.807) is 6.92 Å². The minimum atomic E-state index is -0.000210. The molecule has 0 N–H and O–H groups in total. The molecule has 3 aliphatic rings. The zero-order valence-corrected chi connectivity index (χ0v) is 15.8. The molecule has 0 heterocycles. The lowest BCUT2D eigenvalue weighted by atomic mass is 9.54. The molecular weight excluding hydrogens is 296 g/mol. The van der Waals surface area contributed by atoms with Gasteiger partial charge in [-0.05, 0) is 68.8 Å². The van der Waals surface area contributed by atoms with Crippen molar-refractivity contribution in [1.29, 1.82) is 0 Å². The van der Waals surface area contributed by atoms with Crippen molar-refractivity contribution < 1.29 is 9.59 Å². The van der Waals surface area contributed by atoms with Crippen LogP contribution in [0.1, 0.15) is 72.6 Å². The zero-order valence-electron chi connectivity index (χ0n) is 15.8. The van der Waals surface area contributed by atoms with Crippen molar-refractivity contribution in [3.05, 3.63) is 23.8 Å². The molecule has 2 fully saturated rings. The van der Waals surface area contributed by atoms with E-state index in [9.17, 15) is 9.59 Å². The first-order valence-corrected chi connectivity index (χ1v) is 9.67. The van der Waals surface area contributed by atoms with Gasteiger partial charge < -0.3 is 0 Å². The third kappa shape index (κ3) is 2.45. The highest BCUT2D eigenvalue weighted by Crippen LogP contribution is 2.61. The van der Waals surface area contributed by atoms with E-state index in [0.29, 0.717) is 24.0 Å². The second kappa shape index (κ2) is 5.97. The highest BCUT2D eigenvalue weighted by atomic mass is 16.1. The van der Waals surface area contributed by atoms with Gasteiger partial charge in [0.1, 0.15) is 5.78 Å². The highest BCUT2D eigenvalue weighted by Gasteiger charge is 2.53. The van der Waals surface area contributed by atoms with E-state index < -0.39 is 0 Å². The Kier molecular flexibility index (Phi) is 4.38. The summed E-state index contributed by atoms with van der Waals surface area (Å²) in [6.07, 6.45) is 8.82. The van der Waals surface area contributed by atoms with E-state index in [1.165, 1.54) is 11.1 Å². The van der Waals surface area contributed by atoms with Crippen LogP contribution in [0, 0.1) is 28.6 Å². The van der Waals surface area contributed by atoms with Crippen molar-refractivity contribution in [2.24, 2.45) is 28.6 Å². The number of carbonyl (C=O) groups excluding carboxylic acids is 2. The molecule has 2 heteroatoms. The Morgan fingerprint density at radius 2 is 1.96 bits per heavy atom. The second-order valence-electron chi connectivity index (χ2n) is 8.84. The maximum atomic E-state index is 12.2. The summed E-state index contributed by atoms with van der Waals surface area (Å²) in [5, 5.41) is 0. The van der Waals surface area contributed by atoms with Crippen LogP contribution in [0.4, 0.5) is 0 Å². The van der Waals surface area contributed by atoms with Gasteiger partial charge in [-0.3, -0.25) is 9.59 Å². The van der Waals surface area contributed by atoms with Gasteiger partial charge in [0.15, 0.2) is 5.78 Å². The van der Waals surface area contributed by atoms with Crippen molar-refractivity contribution in [1.82, 2.24) is 0 Å². The first-order chi connectivity index (χ1) is 11.2. The lowest BCUT2D eigenvalue weighted by molar-refractivity contribution is -0.124. The Hall–Kier alpha value is -1.18. The Morgan fingerprint density at radius 1 is 1.25 bits per heavy atom. The minimum Gasteiger partial charge on any atom is -0.300 e. The molecule has 0 saturated heterocycles. The molecule has 132 valence electrons. The molecule has 0 spiro atoms. The largest absolute Gasteiger partial charge is 0.300 e. The summed E-state index contributed by atoms with van der Waals surface area (Å²) in [4.78, 5) is 24.0. The first-order valence-electron chi connectivity index (χ1n) is 9.67. The van der Waals surface area contributed by atoms with Crippen LogP contribution in [0.25, 0.3) is 0 Å². The van der Waals surface area contributed by atoms with E-state index in [1.807, 2.05) is 6.08 Å². The molecule has 24 heavy (non-hydrogen) atoms. The van der Waals surface area contributed by atoms with Gasteiger partial charge in [0.2, 0.25) is 0 Å². The topological polar surface area (TPSA) is 34.1 Å². The van der Waals surface area contributed by atoms with Crippen LogP contribution >= 0.6 is 0 Å². The number of ketones is 2. The predicted octanol–water partition coefficient (Wildman–Crippen LogP) is 5.28. The lowest BCUT2D eigenvalue weighted by Crippen LogP contribution is -2.42. The van der Waals surface area contributed by atoms with Gasteiger partial charge in [0.05, 0.1) is 0 Å². The number of Topliss-reactive ketones (excluding diaryl/α,β-unsaturated/α-hetero) is 1. The number of hydrogen-bond donors (Lipinski definition) is 0. The monoisotopic (exact) mass is 328 g/mol. The standard InChI is InChI=1S/C22H32O2/c1-6-21(4)19(15(3)23)9-10-20(21)18-8-7-16-13-17(24)11-12-22(16,5)14(18)2/h13,18-20H,2,6-12H2,1,3-5H3. The maximum absolute atomic E-state index is 12.2. The summed E-state index contributed by atoms with van der Waals surface area (Å²) in [7, 11) is 0. The Labute approximate surface area is 146 Å². The minimum absolute atomic E-state index is 0.000210. The average molecular weight is 328 g/mol. The van der Waals surface area contributed by atoms with E-state index >= 15 is 0 Å². The Balaban J connectivity index is 1.91. The Bertz CT molecular complexity index is 613. The summed E-state index contributed by atoms with van der Waals surface area (Å²) >= 11 is 0. The number of hydrogen-bond acceptors (Lipinski definition) is 2.